The highest BCUT2D eigenvalue weighted by molar-refractivity contribution is 5.73. The number of hydrogen-bond donors (Lipinski definition) is 4. The van der Waals surface area contributed by atoms with Gasteiger partial charge in [-0.2, -0.15) is 0 Å². The van der Waals surface area contributed by atoms with E-state index in [-0.39, 0.29) is 5.92 Å². The first-order chi connectivity index (χ1) is 4.55. The predicted octanol–water partition coefficient (Wildman–Crippen LogP) is -0.611. The molecule has 0 saturated heterocycles. The molecule has 0 aliphatic heterocycles. The summed E-state index contributed by atoms with van der Waals surface area (Å²) in [4.78, 5) is 10.0. The molecule has 0 aromatic rings. The van der Waals surface area contributed by atoms with Gasteiger partial charge in [0.2, 0.25) is 0 Å². The van der Waals surface area contributed by atoms with Gasteiger partial charge in [-0.1, -0.05) is 13.8 Å². The maximum absolute atomic E-state index is 10.0. The maximum atomic E-state index is 10.0. The van der Waals surface area contributed by atoms with E-state index in [2.05, 4.69) is 5.90 Å². The summed E-state index contributed by atoms with van der Waals surface area (Å²) in [5.41, 5.74) is 5.16. The summed E-state index contributed by atoms with van der Waals surface area (Å²) in [5.74, 6) is 2.59. The lowest BCUT2D eigenvalue weighted by molar-refractivity contribution is -0.139. The van der Waals surface area contributed by atoms with Gasteiger partial charge in [0, 0.05) is 0 Å². The second-order valence-electron chi connectivity index (χ2n) is 2.11. The topological polar surface area (TPSA) is 110 Å². The largest absolute Gasteiger partial charge is 0.480 e. The molecule has 10 heavy (non-hydrogen) atoms. The van der Waals surface area contributed by atoms with E-state index in [0.717, 1.165) is 0 Å². The van der Waals surface area contributed by atoms with Crippen LogP contribution in [0.2, 0.25) is 0 Å². The zero-order valence-electron chi connectivity index (χ0n) is 6.11. The van der Waals surface area contributed by atoms with Gasteiger partial charge in [-0.05, 0) is 5.92 Å². The fourth-order valence-electron chi connectivity index (χ4n) is 0.285. The fraction of sp³-hybridized carbons (Fsp3) is 0.800. The van der Waals surface area contributed by atoms with Crippen molar-refractivity contribution in [3.63, 3.8) is 0 Å². The summed E-state index contributed by atoms with van der Waals surface area (Å²) in [5, 5.41) is 14.7. The molecule has 5 heteroatoms. The molecule has 0 aliphatic carbocycles. The normalized spacial score (nSPS) is 11.8. The molecule has 0 aliphatic rings. The second-order valence-corrected chi connectivity index (χ2v) is 2.11. The van der Waals surface area contributed by atoms with Crippen molar-refractivity contribution in [1.82, 2.24) is 0 Å². The number of aliphatic carboxylic acids is 1. The SMILES string of the molecule is CC(C)[C@H](N)C(=O)O.NO. The molecule has 0 fully saturated rings. The molecule has 5 nitrogen and oxygen atoms in total. The number of hydrogen-bond acceptors (Lipinski definition) is 4. The first-order valence-corrected chi connectivity index (χ1v) is 2.80. The first kappa shape index (κ1) is 12.1. The monoisotopic (exact) mass is 150 g/mol. The van der Waals surface area contributed by atoms with Gasteiger partial charge in [0.25, 0.3) is 0 Å². The van der Waals surface area contributed by atoms with Crippen LogP contribution in [0, 0.1) is 5.92 Å². The van der Waals surface area contributed by atoms with Gasteiger partial charge >= 0.3 is 5.97 Å². The van der Waals surface area contributed by atoms with Gasteiger partial charge in [-0.15, -0.1) is 0 Å². The van der Waals surface area contributed by atoms with E-state index in [9.17, 15) is 4.79 Å². The molecule has 0 spiro atoms. The van der Waals surface area contributed by atoms with Gasteiger partial charge in [0.1, 0.15) is 6.04 Å². The molecule has 62 valence electrons. The molecule has 0 amide bonds. The smallest absolute Gasteiger partial charge is 0.320 e. The number of carboxylic acids is 1. The lowest BCUT2D eigenvalue weighted by Crippen LogP contribution is -2.34. The Morgan fingerprint density at radius 2 is 1.70 bits per heavy atom. The Balaban J connectivity index is 0. The molecule has 0 aromatic heterocycles. The van der Waals surface area contributed by atoms with E-state index >= 15 is 0 Å². The number of rotatable bonds is 2. The molecule has 0 bridgehead atoms. The second kappa shape index (κ2) is 6.47. The summed E-state index contributed by atoms with van der Waals surface area (Å²) in [6.45, 7) is 3.55. The van der Waals surface area contributed by atoms with Crippen LogP contribution >= 0.6 is 0 Å². The summed E-state index contributed by atoms with van der Waals surface area (Å²) < 4.78 is 0. The Bertz CT molecular complexity index is 94.9. The van der Waals surface area contributed by atoms with Crippen LogP contribution in [0.3, 0.4) is 0 Å². The molecular formula is C5H14N2O3. The Morgan fingerprint density at radius 3 is 1.70 bits per heavy atom. The minimum absolute atomic E-state index is 0.0208. The van der Waals surface area contributed by atoms with Crippen molar-refractivity contribution in [2.75, 3.05) is 0 Å². The zero-order valence-corrected chi connectivity index (χ0v) is 6.11. The predicted molar refractivity (Wildman–Crippen MR) is 36.4 cm³/mol. The van der Waals surface area contributed by atoms with Crippen molar-refractivity contribution < 1.29 is 15.1 Å². The van der Waals surface area contributed by atoms with Gasteiger partial charge in [-0.25, -0.2) is 5.90 Å². The molecule has 6 N–H and O–H groups in total. The van der Waals surface area contributed by atoms with Crippen molar-refractivity contribution in [3.8, 4) is 0 Å². The number of carboxylic acid groups (broad SMARTS) is 1. The van der Waals surface area contributed by atoms with Crippen LogP contribution in [0.15, 0.2) is 0 Å². The highest BCUT2D eigenvalue weighted by Crippen LogP contribution is 1.96. The van der Waals surface area contributed by atoms with Gasteiger partial charge in [-0.3, -0.25) is 4.79 Å². The molecule has 1 atom stereocenters. The molecule has 0 heterocycles. The van der Waals surface area contributed by atoms with Gasteiger partial charge in [0.15, 0.2) is 0 Å². The Morgan fingerprint density at radius 1 is 1.40 bits per heavy atom. The minimum Gasteiger partial charge on any atom is -0.480 e. The standard InChI is InChI=1S/C5H11NO2.H3NO/c1-3(2)4(6)5(7)8;1-2/h3-4H,6H2,1-2H3,(H,7,8);2H,1H2/t4-;/m0./s1. The summed E-state index contributed by atoms with van der Waals surface area (Å²) in [6, 6.07) is -0.713. The van der Waals surface area contributed by atoms with Crippen LogP contribution in [-0.2, 0) is 4.79 Å². The molecule has 0 radical (unpaired) electrons. The quantitative estimate of drug-likeness (QED) is 0.392. The maximum Gasteiger partial charge on any atom is 0.320 e. The minimum atomic E-state index is -0.931. The summed E-state index contributed by atoms with van der Waals surface area (Å²) in [7, 11) is 0. The molecule has 0 rings (SSSR count). The van der Waals surface area contributed by atoms with Crippen LogP contribution in [0.25, 0.3) is 0 Å². The lowest BCUT2D eigenvalue weighted by Gasteiger charge is -2.07. The number of carbonyl (C=O) groups is 1. The van der Waals surface area contributed by atoms with E-state index < -0.39 is 12.0 Å². The zero-order chi connectivity index (χ0) is 8.73. The number of nitrogens with two attached hydrogens (primary N) is 2. The van der Waals surface area contributed by atoms with Crippen LogP contribution in [-0.4, -0.2) is 22.3 Å². The summed E-state index contributed by atoms with van der Waals surface area (Å²) >= 11 is 0. The van der Waals surface area contributed by atoms with E-state index in [0.29, 0.717) is 0 Å². The van der Waals surface area contributed by atoms with Crippen molar-refractivity contribution in [3.05, 3.63) is 0 Å². The lowest BCUT2D eigenvalue weighted by atomic mass is 10.1. The van der Waals surface area contributed by atoms with Crippen molar-refractivity contribution in [2.24, 2.45) is 17.5 Å². The van der Waals surface area contributed by atoms with Crippen LogP contribution < -0.4 is 11.6 Å². The molecule has 0 saturated carbocycles. The van der Waals surface area contributed by atoms with E-state index in [1.54, 1.807) is 13.8 Å². The van der Waals surface area contributed by atoms with Crippen molar-refractivity contribution >= 4 is 5.97 Å². The molecule has 0 unspecified atom stereocenters. The Kier molecular flexibility index (Phi) is 7.81. The fourth-order valence-corrected chi connectivity index (χ4v) is 0.285. The average Bonchev–Trinajstić information content (AvgIpc) is 1.90. The Labute approximate surface area is 59.6 Å². The van der Waals surface area contributed by atoms with E-state index in [1.807, 2.05) is 0 Å². The third kappa shape index (κ3) is 5.49. The third-order valence-corrected chi connectivity index (χ3v) is 1.00. The highest BCUT2D eigenvalue weighted by Gasteiger charge is 2.14. The Hall–Kier alpha value is -0.650. The summed E-state index contributed by atoms with van der Waals surface area (Å²) in [6.07, 6.45) is 0. The van der Waals surface area contributed by atoms with Crippen LogP contribution in [0.4, 0.5) is 0 Å². The van der Waals surface area contributed by atoms with Crippen molar-refractivity contribution in [2.45, 2.75) is 19.9 Å². The van der Waals surface area contributed by atoms with E-state index in [1.165, 1.54) is 0 Å². The van der Waals surface area contributed by atoms with Gasteiger partial charge < -0.3 is 16.0 Å². The van der Waals surface area contributed by atoms with Crippen LogP contribution in [0.5, 0.6) is 0 Å². The van der Waals surface area contributed by atoms with Crippen molar-refractivity contribution in [1.29, 1.82) is 0 Å². The van der Waals surface area contributed by atoms with E-state index in [4.69, 9.17) is 16.0 Å². The average molecular weight is 150 g/mol. The van der Waals surface area contributed by atoms with Gasteiger partial charge in [0.05, 0.1) is 0 Å². The highest BCUT2D eigenvalue weighted by atomic mass is 16.4. The third-order valence-electron chi connectivity index (χ3n) is 1.00. The molecule has 0 aromatic carbocycles. The molecular weight excluding hydrogens is 136 g/mol. The first-order valence-electron chi connectivity index (χ1n) is 2.80. The van der Waals surface area contributed by atoms with Crippen LogP contribution in [0.1, 0.15) is 13.8 Å².